The second-order valence-corrected chi connectivity index (χ2v) is 24.8. The topological polar surface area (TPSA) is 255 Å². The number of anilines is 1. The molecule has 396 valence electrons. The van der Waals surface area contributed by atoms with Gasteiger partial charge in [0.2, 0.25) is 11.6 Å². The molecule has 0 saturated heterocycles. The first-order valence-electron chi connectivity index (χ1n) is 23.2. The number of rotatable bonds is 29. The zero-order valence-corrected chi connectivity index (χ0v) is 44.9. The van der Waals surface area contributed by atoms with Crippen LogP contribution in [0.5, 0.6) is 0 Å². The van der Waals surface area contributed by atoms with Crippen molar-refractivity contribution in [3.63, 3.8) is 0 Å². The summed E-state index contributed by atoms with van der Waals surface area (Å²) in [6.07, 6.45) is 14.3. The minimum Gasteiger partial charge on any atom is -0.383 e. The molecule has 0 aromatic heterocycles. The predicted molar refractivity (Wildman–Crippen MR) is 269 cm³/mol. The summed E-state index contributed by atoms with van der Waals surface area (Å²) in [5.74, 6) is -1.67. The Morgan fingerprint density at radius 2 is 1.25 bits per heavy atom. The van der Waals surface area contributed by atoms with Crippen LogP contribution in [0.15, 0.2) is 94.4 Å². The smallest absolute Gasteiger partial charge is 0.296 e. The Bertz CT molecular complexity index is 2970. The van der Waals surface area contributed by atoms with Crippen molar-refractivity contribution in [3.8, 4) is 0 Å². The number of amides is 3. The lowest BCUT2D eigenvalue weighted by Gasteiger charge is -2.30. The average molecular weight is 1080 g/mol. The Hall–Kier alpha value is -4.92. The Morgan fingerprint density at radius 1 is 0.667 bits per heavy atom. The zero-order chi connectivity index (χ0) is 53.1. The van der Waals surface area contributed by atoms with E-state index >= 15 is 0 Å². The van der Waals surface area contributed by atoms with Crippen LogP contribution in [-0.2, 0) is 87.2 Å². The van der Waals surface area contributed by atoms with E-state index in [1.54, 1.807) is 49.6 Å². The molecule has 2 aromatic rings. The highest BCUT2D eigenvalue weighted by Gasteiger charge is 2.48. The maximum absolute atomic E-state index is 13.1. The maximum atomic E-state index is 13.1. The molecule has 2 atom stereocenters. The number of fused-ring (bicyclic) bond motifs is 2. The number of ether oxygens (including phenoxy) is 1. The van der Waals surface area contributed by atoms with Crippen molar-refractivity contribution in [1.82, 2.24) is 10.2 Å². The molecule has 2 unspecified atom stereocenters. The van der Waals surface area contributed by atoms with Crippen molar-refractivity contribution in [2.24, 2.45) is 0 Å². The number of allylic oxidation sites excluding steroid dienone is 6. The molecular weight excluding hydrogens is 1020 g/mol. The number of methoxy groups -OCH3 is 1. The Balaban J connectivity index is 1.51. The van der Waals surface area contributed by atoms with E-state index < -0.39 is 63.1 Å². The van der Waals surface area contributed by atoms with Crippen LogP contribution in [0, 0.1) is 0 Å². The fourth-order valence-corrected chi connectivity index (χ4v) is 12.0. The molecule has 3 aliphatic heterocycles. The van der Waals surface area contributed by atoms with Crippen LogP contribution in [0.3, 0.4) is 0 Å². The fourth-order valence-electron chi connectivity index (χ4n) is 9.27. The number of nitrogens with zero attached hydrogens (tertiary/aromatic N) is 3. The number of nitrogens with one attached hydrogen (secondary N) is 1. The molecule has 5 rings (SSSR count). The Labute approximate surface area is 423 Å². The second kappa shape index (κ2) is 24.4. The van der Waals surface area contributed by atoms with Crippen molar-refractivity contribution < 1.29 is 74.1 Å². The van der Waals surface area contributed by atoms with Gasteiger partial charge in [-0.15, -0.1) is 0 Å². The van der Waals surface area contributed by atoms with Crippen molar-refractivity contribution >= 4 is 75.3 Å². The highest BCUT2D eigenvalue weighted by Crippen LogP contribution is 2.51. The van der Waals surface area contributed by atoms with Gasteiger partial charge in [-0.1, -0.05) is 18.2 Å². The van der Waals surface area contributed by atoms with Crippen LogP contribution >= 0.6 is 0 Å². The number of carbonyl (C=O) groups excluding carboxylic acids is 3. The molecular formula is C48H65N4O16S4+. The Morgan fingerprint density at radius 3 is 1.83 bits per heavy atom. The molecule has 72 heavy (non-hydrogen) atoms. The van der Waals surface area contributed by atoms with Gasteiger partial charge in [-0.2, -0.15) is 38.2 Å². The SMILES string of the molecule is COCCN1/C(=C/C=C/C=C/C2=[N+](CCCCCC(=O)NCCN3C(=O)C=CC3=O)c3ccc(S(=O)(=O)OC)cc3C2(C)CCCS(=O)(=O)OC)C(C)(CCCS(=O)(=O)OC)c2cc(S(=O)(=O)OC)ccc21. The van der Waals surface area contributed by atoms with E-state index in [1.807, 2.05) is 30.9 Å². The summed E-state index contributed by atoms with van der Waals surface area (Å²) in [7, 11) is -10.0. The molecule has 3 aliphatic rings. The third kappa shape index (κ3) is 13.6. The van der Waals surface area contributed by atoms with Crippen LogP contribution < -0.4 is 10.2 Å². The van der Waals surface area contributed by atoms with Gasteiger partial charge in [0.25, 0.3) is 52.3 Å². The molecule has 2 aromatic carbocycles. The molecule has 3 amide bonds. The van der Waals surface area contributed by atoms with Crippen LogP contribution in [0.4, 0.5) is 11.4 Å². The quantitative estimate of drug-likeness (QED) is 0.0393. The zero-order valence-electron chi connectivity index (χ0n) is 41.6. The number of hydrogen-bond donors (Lipinski definition) is 1. The molecule has 0 fully saturated rings. The molecule has 20 nitrogen and oxygen atoms in total. The predicted octanol–water partition coefficient (Wildman–Crippen LogP) is 4.25. The van der Waals surface area contributed by atoms with Crippen LogP contribution in [-0.4, -0.2) is 146 Å². The van der Waals surface area contributed by atoms with Crippen LogP contribution in [0.25, 0.3) is 0 Å². The largest absolute Gasteiger partial charge is 0.383 e. The van der Waals surface area contributed by atoms with E-state index in [0.717, 1.165) is 44.7 Å². The van der Waals surface area contributed by atoms with Gasteiger partial charge in [-0.05, 0) is 94.3 Å². The number of carbonyl (C=O) groups is 3. The lowest BCUT2D eigenvalue weighted by Crippen LogP contribution is -2.38. The molecule has 0 aliphatic carbocycles. The van der Waals surface area contributed by atoms with Gasteiger partial charge in [0.05, 0.1) is 61.8 Å². The summed E-state index contributed by atoms with van der Waals surface area (Å²) in [5.41, 5.74) is 2.30. The van der Waals surface area contributed by atoms with Gasteiger partial charge in [-0.3, -0.25) is 36.0 Å². The average Bonchev–Trinajstić information content (AvgIpc) is 3.88. The molecule has 0 bridgehead atoms. The normalized spacial score (nSPS) is 20.0. The van der Waals surface area contributed by atoms with Crippen LogP contribution in [0.1, 0.15) is 76.3 Å². The molecule has 24 heteroatoms. The summed E-state index contributed by atoms with van der Waals surface area (Å²) in [4.78, 5) is 39.3. The Kier molecular flexibility index (Phi) is 19.7. The lowest BCUT2D eigenvalue weighted by atomic mass is 9.76. The molecule has 3 heterocycles. The number of hydrogen-bond acceptors (Lipinski definition) is 17. The standard InChI is InChI=1S/C48H64N4O16S4/c1-47(25-14-32-69(56,57)65-4)38-34-36(71(60,61)67-6)19-21-40(38)50(28-13-9-12-18-44(53)49-27-29-52-45(54)23-24-46(52)55)42(47)16-10-8-11-17-43-48(2,26-15-33-70(58,59)66-5)39-35-37(72(62,63)68-7)20-22-41(39)51(43)30-31-64-3/h8,10-11,16-17,19-24,34-35H,9,12-15,18,25-33H2,1-7H3/p+1. The van der Waals surface area contributed by atoms with Gasteiger partial charge in [-0.25, -0.2) is 0 Å². The molecule has 0 saturated carbocycles. The van der Waals surface area contributed by atoms with Gasteiger partial charge in [0.1, 0.15) is 6.54 Å². The first-order valence-corrected chi connectivity index (χ1v) is 29.2. The van der Waals surface area contributed by atoms with Gasteiger partial charge in [0, 0.05) is 86.2 Å². The highest BCUT2D eigenvalue weighted by molar-refractivity contribution is 7.87. The summed E-state index contributed by atoms with van der Waals surface area (Å²) in [6.45, 7) is 5.11. The highest BCUT2D eigenvalue weighted by atomic mass is 32.2. The number of unbranched alkanes of at least 4 members (excludes halogenated alkanes) is 2. The molecule has 0 radical (unpaired) electrons. The summed E-state index contributed by atoms with van der Waals surface area (Å²) >= 11 is 0. The lowest BCUT2D eigenvalue weighted by molar-refractivity contribution is -0.438. The van der Waals surface area contributed by atoms with E-state index in [9.17, 15) is 48.1 Å². The van der Waals surface area contributed by atoms with E-state index in [1.165, 1.54) is 24.3 Å². The molecule has 1 N–H and O–H groups in total. The minimum absolute atomic E-state index is 0.0570. The fraction of sp³-hybridized carbons (Fsp3) is 0.500. The van der Waals surface area contributed by atoms with E-state index in [4.69, 9.17) is 21.5 Å². The first kappa shape index (κ1) is 58.0. The maximum Gasteiger partial charge on any atom is 0.296 e. The summed E-state index contributed by atoms with van der Waals surface area (Å²) in [5, 5.41) is 2.75. The second-order valence-electron chi connectivity index (χ2n) is 17.6. The third-order valence-corrected chi connectivity index (χ3v) is 18.3. The minimum atomic E-state index is -4.14. The van der Waals surface area contributed by atoms with Crippen molar-refractivity contribution in [3.05, 3.63) is 95.8 Å². The summed E-state index contributed by atoms with van der Waals surface area (Å²) < 4.78 is 129. The van der Waals surface area contributed by atoms with Gasteiger partial charge >= 0.3 is 0 Å². The van der Waals surface area contributed by atoms with E-state index in [2.05, 4.69) is 9.89 Å². The van der Waals surface area contributed by atoms with Crippen molar-refractivity contribution in [2.75, 3.05) is 84.7 Å². The summed E-state index contributed by atoms with van der Waals surface area (Å²) in [6, 6.07) is 9.38. The number of imide groups is 1. The van der Waals surface area contributed by atoms with E-state index in [-0.39, 0.29) is 72.4 Å². The monoisotopic (exact) mass is 1080 g/mol. The van der Waals surface area contributed by atoms with Crippen molar-refractivity contribution in [2.45, 2.75) is 85.8 Å². The first-order chi connectivity index (χ1) is 33.9. The van der Waals surface area contributed by atoms with Crippen LogP contribution in [0.2, 0.25) is 0 Å². The van der Waals surface area contributed by atoms with E-state index in [0.29, 0.717) is 61.5 Å². The van der Waals surface area contributed by atoms with Gasteiger partial charge < -0.3 is 15.0 Å². The molecule has 0 spiro atoms. The third-order valence-electron chi connectivity index (χ3n) is 13.2. The van der Waals surface area contributed by atoms with Crippen molar-refractivity contribution in [1.29, 1.82) is 0 Å². The number of benzene rings is 2. The van der Waals surface area contributed by atoms with Gasteiger partial charge in [0.15, 0.2) is 5.71 Å².